The Bertz CT molecular complexity index is 499. The van der Waals surface area contributed by atoms with Crippen molar-refractivity contribution in [1.29, 1.82) is 0 Å². The Labute approximate surface area is 151 Å². The zero-order chi connectivity index (χ0) is 18.3. The fourth-order valence-corrected chi connectivity index (χ4v) is 2.57. The van der Waals surface area contributed by atoms with Crippen LogP contribution in [0.4, 0.5) is 0 Å². The summed E-state index contributed by atoms with van der Waals surface area (Å²) in [4.78, 5) is 27.4. The van der Waals surface area contributed by atoms with Crippen molar-refractivity contribution in [2.45, 2.75) is 84.7 Å². The molecule has 0 aliphatic rings. The second kappa shape index (κ2) is 13.4. The van der Waals surface area contributed by atoms with Gasteiger partial charge in [0.1, 0.15) is 6.61 Å². The Morgan fingerprint density at radius 3 is 2.04 bits per heavy atom. The molecule has 5 nitrogen and oxygen atoms in total. The minimum absolute atomic E-state index is 0.153. The molecule has 140 valence electrons. The number of hydrogen-bond donors (Lipinski definition) is 0. The molecule has 0 unspecified atom stereocenters. The number of carbonyl (C=O) groups excluding carboxylic acids is 2. The van der Waals surface area contributed by atoms with Gasteiger partial charge in [0.25, 0.3) is 0 Å². The second-order valence-electron chi connectivity index (χ2n) is 6.39. The lowest BCUT2D eigenvalue weighted by Crippen LogP contribution is -2.44. The lowest BCUT2D eigenvalue weighted by molar-refractivity contribution is -0.869. The van der Waals surface area contributed by atoms with Crippen LogP contribution >= 0.6 is 0 Å². The van der Waals surface area contributed by atoms with Crippen LogP contribution in [0.3, 0.4) is 0 Å². The van der Waals surface area contributed by atoms with Gasteiger partial charge in [-0.1, -0.05) is 58.3 Å². The van der Waals surface area contributed by atoms with Crippen molar-refractivity contribution in [3.63, 3.8) is 0 Å². The molecule has 1 aromatic heterocycles. The van der Waals surface area contributed by atoms with Crippen molar-refractivity contribution in [3.8, 4) is 0 Å². The van der Waals surface area contributed by atoms with Crippen LogP contribution in [0.5, 0.6) is 0 Å². The van der Waals surface area contributed by atoms with E-state index in [9.17, 15) is 9.59 Å². The van der Waals surface area contributed by atoms with E-state index in [4.69, 9.17) is 9.57 Å². The number of pyridine rings is 1. The minimum atomic E-state index is -0.384. The SMILES string of the molecule is CCCCCCCCCCCC(=O)OCc1cc[n+](OC(C)=O)cc1. The third-order valence-electron chi connectivity index (χ3n) is 3.99. The number of ether oxygens (including phenoxy) is 1. The van der Waals surface area contributed by atoms with E-state index in [1.807, 2.05) is 0 Å². The molecule has 0 radical (unpaired) electrons. The number of esters is 1. The average Bonchev–Trinajstić information content (AvgIpc) is 2.59. The molecule has 0 N–H and O–H groups in total. The van der Waals surface area contributed by atoms with Crippen molar-refractivity contribution >= 4 is 11.9 Å². The molecule has 0 atom stereocenters. The maximum absolute atomic E-state index is 11.7. The van der Waals surface area contributed by atoms with E-state index in [2.05, 4.69) is 6.92 Å². The summed E-state index contributed by atoms with van der Waals surface area (Å²) in [5.74, 6) is -0.537. The fraction of sp³-hybridized carbons (Fsp3) is 0.650. The van der Waals surface area contributed by atoms with Gasteiger partial charge >= 0.3 is 11.9 Å². The number of hydrogen-bond acceptors (Lipinski definition) is 4. The normalized spacial score (nSPS) is 10.5. The number of unbranched alkanes of at least 4 members (excludes halogenated alkanes) is 8. The van der Waals surface area contributed by atoms with Crippen molar-refractivity contribution < 1.29 is 23.9 Å². The van der Waals surface area contributed by atoms with Crippen LogP contribution in [0, 0.1) is 0 Å². The van der Waals surface area contributed by atoms with E-state index in [-0.39, 0.29) is 18.5 Å². The highest BCUT2D eigenvalue weighted by Crippen LogP contribution is 2.11. The maximum atomic E-state index is 11.7. The lowest BCUT2D eigenvalue weighted by atomic mass is 10.1. The summed E-state index contributed by atoms with van der Waals surface area (Å²) >= 11 is 0. The predicted molar refractivity (Wildman–Crippen MR) is 95.5 cm³/mol. The first-order valence-electron chi connectivity index (χ1n) is 9.46. The molecule has 0 aliphatic carbocycles. The van der Waals surface area contributed by atoms with Crippen molar-refractivity contribution in [2.75, 3.05) is 0 Å². The highest BCUT2D eigenvalue weighted by Gasteiger charge is 2.07. The predicted octanol–water partition coefficient (Wildman–Crippen LogP) is 3.91. The van der Waals surface area contributed by atoms with E-state index < -0.39 is 0 Å². The molecule has 0 amide bonds. The van der Waals surface area contributed by atoms with Gasteiger partial charge in [0, 0.05) is 35.8 Å². The van der Waals surface area contributed by atoms with Crippen LogP contribution in [0.25, 0.3) is 0 Å². The molecule has 1 heterocycles. The van der Waals surface area contributed by atoms with Crippen molar-refractivity contribution in [2.24, 2.45) is 0 Å². The largest absolute Gasteiger partial charge is 0.461 e. The third-order valence-corrected chi connectivity index (χ3v) is 3.99. The Morgan fingerprint density at radius 2 is 1.48 bits per heavy atom. The smallest absolute Gasteiger partial charge is 0.377 e. The average molecular weight is 350 g/mol. The van der Waals surface area contributed by atoms with Gasteiger partial charge in [-0.05, 0) is 6.42 Å². The molecule has 5 heteroatoms. The highest BCUT2D eigenvalue weighted by molar-refractivity contribution is 5.69. The summed E-state index contributed by atoms with van der Waals surface area (Å²) in [6.45, 7) is 3.82. The molecular formula is C20H32NO4+. The molecule has 0 aliphatic heterocycles. The van der Waals surface area contributed by atoms with E-state index in [0.29, 0.717) is 6.42 Å². The van der Waals surface area contributed by atoms with Gasteiger partial charge in [-0.25, -0.2) is 4.79 Å². The van der Waals surface area contributed by atoms with Gasteiger partial charge in [0.15, 0.2) is 0 Å². The number of aromatic nitrogens is 1. The van der Waals surface area contributed by atoms with Crippen LogP contribution in [0.2, 0.25) is 0 Å². The summed E-state index contributed by atoms with van der Waals surface area (Å²) in [6.07, 6.45) is 14.8. The van der Waals surface area contributed by atoms with Crippen LogP contribution in [-0.4, -0.2) is 11.9 Å². The lowest BCUT2D eigenvalue weighted by Gasteiger charge is -2.05. The first-order valence-corrected chi connectivity index (χ1v) is 9.46. The number of rotatable bonds is 13. The van der Waals surface area contributed by atoms with E-state index in [0.717, 1.165) is 18.4 Å². The van der Waals surface area contributed by atoms with Crippen LogP contribution < -0.4 is 9.57 Å². The molecule has 0 spiro atoms. The summed E-state index contributed by atoms with van der Waals surface area (Å²) in [7, 11) is 0. The monoisotopic (exact) mass is 350 g/mol. The zero-order valence-corrected chi connectivity index (χ0v) is 15.7. The quantitative estimate of drug-likeness (QED) is 0.307. The topological polar surface area (TPSA) is 56.5 Å². The van der Waals surface area contributed by atoms with E-state index >= 15 is 0 Å². The van der Waals surface area contributed by atoms with Crippen LogP contribution in [0.1, 0.15) is 83.6 Å². The van der Waals surface area contributed by atoms with E-state index in [1.165, 1.54) is 56.6 Å². The molecule has 1 rings (SSSR count). The van der Waals surface area contributed by atoms with Gasteiger partial charge in [-0.2, -0.15) is 4.84 Å². The summed E-state index contributed by atoms with van der Waals surface area (Å²) in [6, 6.07) is 3.52. The van der Waals surface area contributed by atoms with Crippen LogP contribution in [-0.2, 0) is 20.9 Å². The van der Waals surface area contributed by atoms with Crippen LogP contribution in [0.15, 0.2) is 24.5 Å². The third kappa shape index (κ3) is 11.3. The second-order valence-corrected chi connectivity index (χ2v) is 6.39. The Morgan fingerprint density at radius 1 is 0.920 bits per heavy atom. The fourth-order valence-electron chi connectivity index (χ4n) is 2.57. The van der Waals surface area contributed by atoms with Gasteiger partial charge in [-0.15, -0.1) is 0 Å². The molecule has 0 aromatic carbocycles. The first kappa shape index (κ1) is 21.1. The maximum Gasteiger partial charge on any atom is 0.377 e. The van der Waals surface area contributed by atoms with E-state index in [1.54, 1.807) is 24.5 Å². The highest BCUT2D eigenvalue weighted by atomic mass is 16.7. The minimum Gasteiger partial charge on any atom is -0.461 e. The number of nitrogens with zero attached hydrogens (tertiary/aromatic N) is 1. The summed E-state index contributed by atoms with van der Waals surface area (Å²) < 4.78 is 6.58. The number of carbonyl (C=O) groups is 2. The molecule has 25 heavy (non-hydrogen) atoms. The van der Waals surface area contributed by atoms with Crippen molar-refractivity contribution in [3.05, 3.63) is 30.1 Å². The zero-order valence-electron chi connectivity index (χ0n) is 15.7. The van der Waals surface area contributed by atoms with Gasteiger partial charge in [0.2, 0.25) is 12.4 Å². The first-order chi connectivity index (χ1) is 12.1. The summed E-state index contributed by atoms with van der Waals surface area (Å²) in [5.41, 5.74) is 0.865. The summed E-state index contributed by atoms with van der Waals surface area (Å²) in [5, 5.41) is 0. The molecule has 0 saturated carbocycles. The Balaban J connectivity index is 2.04. The molecule has 0 bridgehead atoms. The van der Waals surface area contributed by atoms with Crippen molar-refractivity contribution in [1.82, 2.24) is 0 Å². The van der Waals surface area contributed by atoms with Gasteiger partial charge in [-0.3, -0.25) is 4.79 Å². The molecule has 1 aromatic rings. The Hall–Kier alpha value is -1.91. The van der Waals surface area contributed by atoms with Gasteiger partial charge in [0.05, 0.1) is 0 Å². The standard InChI is InChI=1S/C20H32NO4/c1-3-4-5-6-7-8-9-10-11-12-20(23)24-17-19-13-15-21(16-14-19)25-18(2)22/h13-16H,3-12,17H2,1-2H3/q+1. The molecular weight excluding hydrogens is 318 g/mol. The molecule has 0 fully saturated rings. The van der Waals surface area contributed by atoms with Gasteiger partial charge < -0.3 is 4.74 Å². The molecule has 0 saturated heterocycles. The Kier molecular flexibility index (Phi) is 11.3.